The molecule has 9 heteroatoms. The number of sulfonamides is 1. The molecule has 1 atom stereocenters. The number of alkyl halides is 3. The first-order valence-electron chi connectivity index (χ1n) is 8.14. The van der Waals surface area contributed by atoms with Crippen molar-refractivity contribution in [2.45, 2.75) is 49.2 Å². The Morgan fingerprint density at radius 3 is 2.20 bits per heavy atom. The summed E-state index contributed by atoms with van der Waals surface area (Å²) in [5.41, 5.74) is 2.38. The minimum absolute atomic E-state index is 0.142. The highest BCUT2D eigenvalue weighted by Gasteiger charge is 2.44. The van der Waals surface area contributed by atoms with Crippen LogP contribution in [0.2, 0.25) is 0 Å². The summed E-state index contributed by atoms with van der Waals surface area (Å²) in [4.78, 5) is -0.142. The van der Waals surface area contributed by atoms with Crippen molar-refractivity contribution in [3.05, 3.63) is 36.0 Å². The lowest BCUT2D eigenvalue weighted by Crippen LogP contribution is -2.43. The average molecular weight is 375 g/mol. The Kier molecular flexibility index (Phi) is 4.82. The Labute approximate surface area is 144 Å². The van der Waals surface area contributed by atoms with Gasteiger partial charge in [-0.3, -0.25) is 5.01 Å². The van der Waals surface area contributed by atoms with Crippen molar-refractivity contribution in [1.82, 2.24) is 5.43 Å². The lowest BCUT2D eigenvalue weighted by Gasteiger charge is -2.29. The van der Waals surface area contributed by atoms with E-state index in [-0.39, 0.29) is 22.5 Å². The first kappa shape index (κ1) is 18.2. The summed E-state index contributed by atoms with van der Waals surface area (Å²) in [5.74, 6) is 0.166. The standard InChI is InChI=1S/C16H20F3N3O2S/c17-16(18,19)15-10-14(11-4-2-1-3-5-11)21-22(15)12-6-8-13(9-7-12)25(20,23)24/h6-11,14,21H,1-5H2,(H2,20,23,24). The third-order valence-electron chi connectivity index (χ3n) is 4.73. The van der Waals surface area contributed by atoms with Crippen molar-refractivity contribution in [3.63, 3.8) is 0 Å². The Morgan fingerprint density at radius 2 is 1.68 bits per heavy atom. The Bertz CT molecular complexity index is 754. The van der Waals surface area contributed by atoms with E-state index in [1.807, 2.05) is 0 Å². The summed E-state index contributed by atoms with van der Waals surface area (Å²) in [6.07, 6.45) is 1.72. The number of hydrogen-bond donors (Lipinski definition) is 2. The van der Waals surface area contributed by atoms with Gasteiger partial charge in [0.2, 0.25) is 10.0 Å². The zero-order valence-electron chi connectivity index (χ0n) is 13.5. The van der Waals surface area contributed by atoms with Crippen LogP contribution in [0.5, 0.6) is 0 Å². The Morgan fingerprint density at radius 1 is 1.08 bits per heavy atom. The van der Waals surface area contributed by atoms with Gasteiger partial charge in [-0.15, -0.1) is 0 Å². The number of benzene rings is 1. The number of halogens is 3. The second kappa shape index (κ2) is 6.62. The third-order valence-corrected chi connectivity index (χ3v) is 5.66. The molecule has 1 aliphatic carbocycles. The lowest BCUT2D eigenvalue weighted by molar-refractivity contribution is -0.0931. The van der Waals surface area contributed by atoms with Crippen LogP contribution in [0.1, 0.15) is 32.1 Å². The van der Waals surface area contributed by atoms with Gasteiger partial charge in [0.05, 0.1) is 10.6 Å². The van der Waals surface area contributed by atoms with Crippen LogP contribution in [-0.2, 0) is 10.0 Å². The van der Waals surface area contributed by atoms with E-state index in [4.69, 9.17) is 5.14 Å². The van der Waals surface area contributed by atoms with Crippen LogP contribution in [0.4, 0.5) is 18.9 Å². The third kappa shape index (κ3) is 3.99. The summed E-state index contributed by atoms with van der Waals surface area (Å²) in [5, 5.41) is 6.02. The molecule has 138 valence electrons. The molecular weight excluding hydrogens is 355 g/mol. The fourth-order valence-corrected chi connectivity index (χ4v) is 3.97. The fraction of sp³-hybridized carbons (Fsp3) is 0.500. The van der Waals surface area contributed by atoms with Crippen molar-refractivity contribution >= 4 is 15.7 Å². The smallest absolute Gasteiger partial charge is 0.272 e. The minimum atomic E-state index is -4.50. The van der Waals surface area contributed by atoms with E-state index in [1.165, 1.54) is 30.3 Å². The van der Waals surface area contributed by atoms with E-state index in [9.17, 15) is 21.6 Å². The molecule has 1 heterocycles. The molecule has 5 nitrogen and oxygen atoms in total. The van der Waals surface area contributed by atoms with Crippen LogP contribution in [-0.4, -0.2) is 20.6 Å². The van der Waals surface area contributed by atoms with Gasteiger partial charge >= 0.3 is 6.18 Å². The van der Waals surface area contributed by atoms with Gasteiger partial charge in [-0.2, -0.15) is 13.2 Å². The highest BCUT2D eigenvalue weighted by atomic mass is 32.2. The van der Waals surface area contributed by atoms with E-state index in [0.717, 1.165) is 37.1 Å². The molecule has 3 N–H and O–H groups in total. The number of anilines is 1. The van der Waals surface area contributed by atoms with Crippen LogP contribution in [0.3, 0.4) is 0 Å². The van der Waals surface area contributed by atoms with Gasteiger partial charge in [-0.1, -0.05) is 19.3 Å². The number of nitrogens with two attached hydrogens (primary N) is 1. The molecule has 0 aromatic heterocycles. The molecule has 0 amide bonds. The molecule has 1 aliphatic heterocycles. The van der Waals surface area contributed by atoms with Gasteiger partial charge < -0.3 is 0 Å². The maximum atomic E-state index is 13.4. The Hall–Kier alpha value is -1.58. The first-order valence-corrected chi connectivity index (χ1v) is 9.69. The highest BCUT2D eigenvalue weighted by molar-refractivity contribution is 7.89. The minimum Gasteiger partial charge on any atom is -0.272 e. The van der Waals surface area contributed by atoms with Gasteiger partial charge in [0.1, 0.15) is 5.70 Å². The SMILES string of the molecule is NS(=O)(=O)c1ccc(N2NC(C3CCCCC3)C=C2C(F)(F)F)cc1. The van der Waals surface area contributed by atoms with Gasteiger partial charge in [0.15, 0.2) is 0 Å². The molecule has 0 spiro atoms. The summed E-state index contributed by atoms with van der Waals surface area (Å²) in [7, 11) is -3.89. The predicted octanol–water partition coefficient (Wildman–Crippen LogP) is 3.05. The lowest BCUT2D eigenvalue weighted by atomic mass is 9.84. The van der Waals surface area contributed by atoms with Gasteiger partial charge in [-0.25, -0.2) is 19.0 Å². The quantitative estimate of drug-likeness (QED) is 0.851. The molecule has 1 unspecified atom stereocenters. The first-order chi connectivity index (χ1) is 11.7. The molecule has 1 aromatic rings. The normalized spacial score (nSPS) is 23.0. The molecule has 1 saturated carbocycles. The molecule has 2 aliphatic rings. The maximum Gasteiger partial charge on any atom is 0.432 e. The van der Waals surface area contributed by atoms with Crippen molar-refractivity contribution in [2.75, 3.05) is 5.01 Å². The predicted molar refractivity (Wildman–Crippen MR) is 87.9 cm³/mol. The molecule has 1 aromatic carbocycles. The van der Waals surface area contributed by atoms with Crippen molar-refractivity contribution < 1.29 is 21.6 Å². The molecule has 0 bridgehead atoms. The molecule has 1 fully saturated rings. The number of nitrogens with zero attached hydrogens (tertiary/aromatic N) is 1. The van der Waals surface area contributed by atoms with E-state index in [1.54, 1.807) is 0 Å². The highest BCUT2D eigenvalue weighted by Crippen LogP contribution is 2.38. The van der Waals surface area contributed by atoms with Crippen LogP contribution < -0.4 is 15.6 Å². The summed E-state index contributed by atoms with van der Waals surface area (Å²) >= 11 is 0. The van der Waals surface area contributed by atoms with Gasteiger partial charge in [0.25, 0.3) is 0 Å². The number of hydrazine groups is 1. The number of primary sulfonamides is 1. The van der Waals surface area contributed by atoms with Crippen LogP contribution in [0.15, 0.2) is 40.9 Å². The van der Waals surface area contributed by atoms with Gasteiger partial charge in [-0.05, 0) is 49.1 Å². The van der Waals surface area contributed by atoms with E-state index < -0.39 is 21.9 Å². The number of hydrogen-bond acceptors (Lipinski definition) is 4. The molecule has 25 heavy (non-hydrogen) atoms. The second-order valence-corrected chi connectivity index (χ2v) is 8.04. The molecule has 3 rings (SSSR count). The topological polar surface area (TPSA) is 75.4 Å². The van der Waals surface area contributed by atoms with Crippen LogP contribution >= 0.6 is 0 Å². The Balaban J connectivity index is 1.88. The van der Waals surface area contributed by atoms with Crippen molar-refractivity contribution in [1.29, 1.82) is 0 Å². The molecular formula is C16H20F3N3O2S. The summed E-state index contributed by atoms with van der Waals surface area (Å²) < 4.78 is 62.9. The molecule has 0 radical (unpaired) electrons. The maximum absolute atomic E-state index is 13.4. The van der Waals surface area contributed by atoms with Gasteiger partial charge in [0, 0.05) is 6.04 Å². The largest absolute Gasteiger partial charge is 0.432 e. The van der Waals surface area contributed by atoms with E-state index >= 15 is 0 Å². The molecule has 0 saturated heterocycles. The van der Waals surface area contributed by atoms with Crippen molar-refractivity contribution in [3.8, 4) is 0 Å². The second-order valence-electron chi connectivity index (χ2n) is 6.48. The number of allylic oxidation sites excluding steroid dienone is 1. The monoisotopic (exact) mass is 375 g/mol. The zero-order valence-corrected chi connectivity index (χ0v) is 14.3. The zero-order chi connectivity index (χ0) is 18.2. The van der Waals surface area contributed by atoms with Crippen LogP contribution in [0.25, 0.3) is 0 Å². The number of rotatable bonds is 3. The van der Waals surface area contributed by atoms with E-state index in [2.05, 4.69) is 5.43 Å². The fourth-order valence-electron chi connectivity index (χ4n) is 3.46. The van der Waals surface area contributed by atoms with E-state index in [0.29, 0.717) is 0 Å². The van der Waals surface area contributed by atoms with Crippen LogP contribution in [0, 0.1) is 5.92 Å². The summed E-state index contributed by atoms with van der Waals surface area (Å²) in [6.45, 7) is 0. The number of nitrogens with one attached hydrogen (secondary N) is 1. The van der Waals surface area contributed by atoms with Crippen molar-refractivity contribution in [2.24, 2.45) is 11.1 Å². The summed E-state index contributed by atoms with van der Waals surface area (Å²) in [6, 6.07) is 4.66. The average Bonchev–Trinajstić information content (AvgIpc) is 3.01.